The minimum Gasteiger partial charge on any atom is -0.370 e. The summed E-state index contributed by atoms with van der Waals surface area (Å²) in [6.07, 6.45) is 3.35. The fourth-order valence-electron chi connectivity index (χ4n) is 2.25. The summed E-state index contributed by atoms with van der Waals surface area (Å²) in [5.41, 5.74) is 1.54. The molecule has 18 heavy (non-hydrogen) atoms. The van der Waals surface area contributed by atoms with Crippen molar-refractivity contribution in [2.75, 3.05) is 11.9 Å². The number of carbonyl (C=O) groups is 1. The van der Waals surface area contributed by atoms with Crippen molar-refractivity contribution in [1.29, 1.82) is 0 Å². The first kappa shape index (κ1) is 12.9. The number of anilines is 1. The number of hydrogen-bond acceptors (Lipinski definition) is 3. The summed E-state index contributed by atoms with van der Waals surface area (Å²) in [5, 5.41) is 6.25. The number of nitrogens with zero attached hydrogens (tertiary/aromatic N) is 1. The van der Waals surface area contributed by atoms with Crippen LogP contribution in [0.2, 0.25) is 0 Å². The average Bonchev–Trinajstić information content (AvgIpc) is 2.26. The minimum absolute atomic E-state index is 0.00172. The molecule has 0 atom stereocenters. The van der Waals surface area contributed by atoms with Crippen molar-refractivity contribution in [2.24, 2.45) is 0 Å². The van der Waals surface area contributed by atoms with E-state index in [4.69, 9.17) is 0 Å². The highest BCUT2D eigenvalue weighted by Gasteiger charge is 2.33. The zero-order valence-electron chi connectivity index (χ0n) is 11.3. The Bertz CT molecular complexity index is 452. The number of rotatable bonds is 4. The van der Waals surface area contributed by atoms with Crippen molar-refractivity contribution in [1.82, 2.24) is 10.3 Å². The van der Waals surface area contributed by atoms with Crippen LogP contribution in [0.4, 0.5) is 5.82 Å². The maximum Gasteiger partial charge on any atom is 0.251 e. The second kappa shape index (κ2) is 4.96. The van der Waals surface area contributed by atoms with Crippen molar-refractivity contribution in [3.63, 3.8) is 0 Å². The standard InChI is InChI=1S/C14H21N3O/c1-4-15-12-9-11(8-10(2)16-12)13(18)17-14(3)6-5-7-14/h8-9H,4-7H2,1-3H3,(H,15,16)(H,17,18). The molecule has 1 saturated carbocycles. The van der Waals surface area contributed by atoms with E-state index in [1.54, 1.807) is 0 Å². The monoisotopic (exact) mass is 247 g/mol. The summed E-state index contributed by atoms with van der Waals surface area (Å²) in [6, 6.07) is 3.64. The predicted molar refractivity (Wildman–Crippen MR) is 72.9 cm³/mol. The van der Waals surface area contributed by atoms with Gasteiger partial charge in [0.15, 0.2) is 0 Å². The van der Waals surface area contributed by atoms with Gasteiger partial charge in [-0.15, -0.1) is 0 Å². The number of aryl methyl sites for hydroxylation is 1. The normalized spacial score (nSPS) is 16.8. The van der Waals surface area contributed by atoms with E-state index in [1.165, 1.54) is 6.42 Å². The van der Waals surface area contributed by atoms with Gasteiger partial charge in [0.05, 0.1) is 0 Å². The molecule has 98 valence electrons. The molecule has 0 radical (unpaired) electrons. The molecule has 4 nitrogen and oxygen atoms in total. The van der Waals surface area contributed by atoms with Crippen LogP contribution in [0.1, 0.15) is 49.2 Å². The van der Waals surface area contributed by atoms with Crippen LogP contribution in [0.25, 0.3) is 0 Å². The first-order chi connectivity index (χ1) is 8.52. The molecule has 1 aliphatic carbocycles. The van der Waals surface area contributed by atoms with E-state index in [0.717, 1.165) is 30.9 Å². The second-order valence-corrected chi connectivity index (χ2v) is 5.28. The van der Waals surface area contributed by atoms with E-state index in [9.17, 15) is 4.79 Å². The number of pyridine rings is 1. The highest BCUT2D eigenvalue weighted by molar-refractivity contribution is 5.95. The number of nitrogens with one attached hydrogen (secondary N) is 2. The van der Waals surface area contributed by atoms with Gasteiger partial charge in [0.2, 0.25) is 0 Å². The van der Waals surface area contributed by atoms with Gasteiger partial charge in [0.25, 0.3) is 5.91 Å². The maximum absolute atomic E-state index is 12.2. The van der Waals surface area contributed by atoms with Gasteiger partial charge < -0.3 is 10.6 Å². The summed E-state index contributed by atoms with van der Waals surface area (Å²) in [7, 11) is 0. The van der Waals surface area contributed by atoms with Crippen LogP contribution in [-0.2, 0) is 0 Å². The van der Waals surface area contributed by atoms with Crippen LogP contribution in [0.15, 0.2) is 12.1 Å². The van der Waals surface area contributed by atoms with Crippen LogP contribution in [0.3, 0.4) is 0 Å². The first-order valence-electron chi connectivity index (χ1n) is 6.57. The largest absolute Gasteiger partial charge is 0.370 e. The zero-order valence-corrected chi connectivity index (χ0v) is 11.3. The highest BCUT2D eigenvalue weighted by Crippen LogP contribution is 2.31. The van der Waals surface area contributed by atoms with E-state index in [-0.39, 0.29) is 11.4 Å². The Morgan fingerprint density at radius 1 is 1.44 bits per heavy atom. The summed E-state index contributed by atoms with van der Waals surface area (Å²) in [5.74, 6) is 0.767. The number of carbonyl (C=O) groups excluding carboxylic acids is 1. The van der Waals surface area contributed by atoms with Gasteiger partial charge in [0, 0.05) is 23.3 Å². The minimum atomic E-state index is -0.00734. The molecular weight excluding hydrogens is 226 g/mol. The zero-order chi connectivity index (χ0) is 13.2. The fraction of sp³-hybridized carbons (Fsp3) is 0.571. The van der Waals surface area contributed by atoms with E-state index < -0.39 is 0 Å². The third-order valence-corrected chi connectivity index (χ3v) is 3.45. The molecule has 0 saturated heterocycles. The summed E-state index contributed by atoms with van der Waals surface area (Å²) < 4.78 is 0. The molecule has 1 aromatic heterocycles. The summed E-state index contributed by atoms with van der Waals surface area (Å²) >= 11 is 0. The number of aromatic nitrogens is 1. The van der Waals surface area contributed by atoms with Crippen molar-refractivity contribution >= 4 is 11.7 Å². The SMILES string of the molecule is CCNc1cc(C(=O)NC2(C)CCC2)cc(C)n1. The van der Waals surface area contributed by atoms with Crippen molar-refractivity contribution in [3.8, 4) is 0 Å². The Morgan fingerprint density at radius 2 is 2.17 bits per heavy atom. The molecule has 4 heteroatoms. The highest BCUT2D eigenvalue weighted by atomic mass is 16.1. The number of hydrogen-bond donors (Lipinski definition) is 2. The Hall–Kier alpha value is -1.58. The molecule has 2 N–H and O–H groups in total. The van der Waals surface area contributed by atoms with Gasteiger partial charge in [-0.1, -0.05) is 0 Å². The molecule has 1 aromatic rings. The Morgan fingerprint density at radius 3 is 2.72 bits per heavy atom. The van der Waals surface area contributed by atoms with Crippen molar-refractivity contribution in [3.05, 3.63) is 23.4 Å². The molecular formula is C14H21N3O. The maximum atomic E-state index is 12.2. The molecule has 2 rings (SSSR count). The summed E-state index contributed by atoms with van der Waals surface area (Å²) in [6.45, 7) is 6.82. The Balaban J connectivity index is 2.13. The second-order valence-electron chi connectivity index (χ2n) is 5.28. The van der Waals surface area contributed by atoms with Crippen molar-refractivity contribution < 1.29 is 4.79 Å². The Kier molecular flexibility index (Phi) is 3.55. The van der Waals surface area contributed by atoms with Crippen LogP contribution in [0, 0.1) is 6.92 Å². The van der Waals surface area contributed by atoms with Gasteiger partial charge in [-0.2, -0.15) is 0 Å². The smallest absolute Gasteiger partial charge is 0.251 e. The average molecular weight is 247 g/mol. The number of amides is 1. The van der Waals surface area contributed by atoms with E-state index in [1.807, 2.05) is 26.0 Å². The molecule has 0 aromatic carbocycles. The van der Waals surface area contributed by atoms with Crippen LogP contribution >= 0.6 is 0 Å². The molecule has 1 heterocycles. The third kappa shape index (κ3) is 2.81. The van der Waals surface area contributed by atoms with Gasteiger partial charge >= 0.3 is 0 Å². The topological polar surface area (TPSA) is 54.0 Å². The van der Waals surface area contributed by atoms with E-state index in [0.29, 0.717) is 5.56 Å². The molecule has 1 amide bonds. The molecule has 0 unspecified atom stereocenters. The van der Waals surface area contributed by atoms with Gasteiger partial charge in [-0.3, -0.25) is 4.79 Å². The van der Waals surface area contributed by atoms with Gasteiger partial charge in [-0.05, 0) is 52.2 Å². The third-order valence-electron chi connectivity index (χ3n) is 3.45. The Labute approximate surface area is 108 Å². The molecule has 0 aliphatic heterocycles. The molecule has 0 spiro atoms. The van der Waals surface area contributed by atoms with Crippen LogP contribution < -0.4 is 10.6 Å². The first-order valence-corrected chi connectivity index (χ1v) is 6.57. The summed E-state index contributed by atoms with van der Waals surface area (Å²) in [4.78, 5) is 16.5. The molecule has 1 fully saturated rings. The predicted octanol–water partition coefficient (Wildman–Crippen LogP) is 2.49. The lowest BCUT2D eigenvalue weighted by atomic mass is 9.78. The van der Waals surface area contributed by atoms with Gasteiger partial charge in [-0.25, -0.2) is 4.98 Å². The quantitative estimate of drug-likeness (QED) is 0.859. The van der Waals surface area contributed by atoms with Crippen LogP contribution in [-0.4, -0.2) is 23.0 Å². The van der Waals surface area contributed by atoms with E-state index >= 15 is 0 Å². The van der Waals surface area contributed by atoms with E-state index in [2.05, 4.69) is 22.5 Å². The van der Waals surface area contributed by atoms with Crippen LogP contribution in [0.5, 0.6) is 0 Å². The molecule has 0 bridgehead atoms. The lowest BCUT2D eigenvalue weighted by molar-refractivity contribution is 0.0850. The molecule has 1 aliphatic rings. The lowest BCUT2D eigenvalue weighted by Crippen LogP contribution is -2.50. The van der Waals surface area contributed by atoms with Crippen molar-refractivity contribution in [2.45, 2.75) is 45.6 Å². The fourth-order valence-corrected chi connectivity index (χ4v) is 2.25. The van der Waals surface area contributed by atoms with Gasteiger partial charge in [0.1, 0.15) is 5.82 Å². The lowest BCUT2D eigenvalue weighted by Gasteiger charge is -2.39.